The number of hydrogen-bond acceptors (Lipinski definition) is 2. The third kappa shape index (κ3) is 2.93. The van der Waals surface area contributed by atoms with Crippen LogP contribution in [0.3, 0.4) is 0 Å². The zero-order chi connectivity index (χ0) is 11.8. The van der Waals surface area contributed by atoms with Gasteiger partial charge in [-0.3, -0.25) is 0 Å². The van der Waals surface area contributed by atoms with Crippen LogP contribution < -0.4 is 5.73 Å². The Hall–Kier alpha value is -1.14. The Morgan fingerprint density at radius 3 is 2.25 bits per heavy atom. The first-order valence-corrected chi connectivity index (χ1v) is 4.01. The first-order chi connectivity index (χ1) is 6.73. The van der Waals surface area contributed by atoms with Gasteiger partial charge < -0.3 is 10.8 Å². The highest BCUT2D eigenvalue weighted by Crippen LogP contribution is 2.34. The fourth-order valence-electron chi connectivity index (χ4n) is 0.958. The molecule has 8 heteroatoms. The summed E-state index contributed by atoms with van der Waals surface area (Å²) in [5.41, 5.74) is 3.04. The summed E-state index contributed by atoms with van der Waals surface area (Å²) >= 11 is 5.38. The zero-order valence-corrected chi connectivity index (χ0v) is 9.08. The van der Waals surface area contributed by atoms with Crippen molar-refractivity contribution in [3.63, 3.8) is 0 Å². The van der Waals surface area contributed by atoms with E-state index in [0.29, 0.717) is 12.1 Å². The highest BCUT2D eigenvalue weighted by Gasteiger charge is 2.32. The van der Waals surface area contributed by atoms with E-state index in [-0.39, 0.29) is 18.1 Å². The molecule has 90 valence electrons. The van der Waals surface area contributed by atoms with Crippen molar-refractivity contribution >= 4 is 35.7 Å². The van der Waals surface area contributed by atoms with E-state index >= 15 is 0 Å². The number of rotatable bonds is 1. The molecule has 0 spiro atoms. The molecule has 1 aromatic carbocycles. The van der Waals surface area contributed by atoms with Gasteiger partial charge in [-0.05, 0) is 12.1 Å². The quantitative estimate of drug-likeness (QED) is 0.775. The first kappa shape index (κ1) is 14.9. The van der Waals surface area contributed by atoms with Crippen LogP contribution in [-0.4, -0.2) is 11.1 Å². The van der Waals surface area contributed by atoms with Crippen LogP contribution >= 0.6 is 24.0 Å². The molecule has 0 aliphatic carbocycles. The fraction of sp³-hybridized carbons (Fsp3) is 0.125. The number of nitrogens with two attached hydrogens (primary N) is 1. The lowest BCUT2D eigenvalue weighted by Gasteiger charge is -2.10. The summed E-state index contributed by atoms with van der Waals surface area (Å²) in [6, 6.07) is 1.03. The Labute approximate surface area is 99.4 Å². The molecule has 0 unspecified atom stereocenters. The molecule has 0 aromatic heterocycles. The average molecular weight is 276 g/mol. The minimum Gasteiger partial charge on any atom is -0.478 e. The molecule has 0 heterocycles. The van der Waals surface area contributed by atoms with Gasteiger partial charge in [-0.1, -0.05) is 11.6 Å². The van der Waals surface area contributed by atoms with Gasteiger partial charge in [-0.15, -0.1) is 12.4 Å². The van der Waals surface area contributed by atoms with Crippen molar-refractivity contribution in [2.45, 2.75) is 6.18 Å². The monoisotopic (exact) mass is 275 g/mol. The lowest BCUT2D eigenvalue weighted by molar-refractivity contribution is -0.137. The van der Waals surface area contributed by atoms with Crippen molar-refractivity contribution < 1.29 is 23.1 Å². The number of carboxylic acids is 1. The van der Waals surface area contributed by atoms with E-state index in [9.17, 15) is 18.0 Å². The Morgan fingerprint density at radius 1 is 1.38 bits per heavy atom. The molecule has 1 rings (SSSR count). The van der Waals surface area contributed by atoms with Crippen LogP contribution in [0.15, 0.2) is 12.1 Å². The number of carboxylic acid groups (broad SMARTS) is 1. The standard InChI is InChI=1S/C8H5ClF3NO2.ClH/c9-5-2-3(8(10,11)12)1-4(6(5)13)7(14)15;/h1-2H,13H2,(H,14,15);1H. The Balaban J connectivity index is 0.00000225. The van der Waals surface area contributed by atoms with Crippen LogP contribution in [0.2, 0.25) is 5.02 Å². The number of aromatic carboxylic acids is 1. The molecule has 0 bridgehead atoms. The van der Waals surface area contributed by atoms with Crippen LogP contribution in [0.25, 0.3) is 0 Å². The third-order valence-electron chi connectivity index (χ3n) is 1.69. The number of carbonyl (C=O) groups is 1. The Bertz CT molecular complexity index is 420. The van der Waals surface area contributed by atoms with Gasteiger partial charge in [0.1, 0.15) is 0 Å². The zero-order valence-electron chi connectivity index (χ0n) is 7.51. The first-order valence-electron chi connectivity index (χ1n) is 3.63. The van der Waals surface area contributed by atoms with E-state index in [0.717, 1.165) is 0 Å². The van der Waals surface area contributed by atoms with Crippen molar-refractivity contribution in [1.82, 2.24) is 0 Å². The molecule has 16 heavy (non-hydrogen) atoms. The van der Waals surface area contributed by atoms with E-state index < -0.39 is 28.3 Å². The lowest BCUT2D eigenvalue weighted by Crippen LogP contribution is -2.10. The third-order valence-corrected chi connectivity index (χ3v) is 2.00. The van der Waals surface area contributed by atoms with Crippen LogP contribution in [0.5, 0.6) is 0 Å². The smallest absolute Gasteiger partial charge is 0.416 e. The fourth-order valence-corrected chi connectivity index (χ4v) is 1.18. The normalized spacial score (nSPS) is 10.8. The molecule has 3 N–H and O–H groups in total. The minimum absolute atomic E-state index is 0. The Morgan fingerprint density at radius 2 is 1.88 bits per heavy atom. The average Bonchev–Trinajstić information content (AvgIpc) is 2.06. The Kier molecular flexibility index (Phi) is 4.45. The summed E-state index contributed by atoms with van der Waals surface area (Å²) in [6.45, 7) is 0. The molecule has 3 nitrogen and oxygen atoms in total. The number of hydrogen-bond donors (Lipinski definition) is 2. The molecule has 0 radical (unpaired) electrons. The molecule has 0 fully saturated rings. The van der Waals surface area contributed by atoms with Gasteiger partial charge in [0.15, 0.2) is 0 Å². The highest BCUT2D eigenvalue weighted by atomic mass is 35.5. The van der Waals surface area contributed by atoms with Crippen LogP contribution in [-0.2, 0) is 6.18 Å². The van der Waals surface area contributed by atoms with Gasteiger partial charge >= 0.3 is 12.1 Å². The van der Waals surface area contributed by atoms with Crippen molar-refractivity contribution in [3.8, 4) is 0 Å². The molecule has 0 aliphatic heterocycles. The summed E-state index contributed by atoms with van der Waals surface area (Å²) in [7, 11) is 0. The summed E-state index contributed by atoms with van der Waals surface area (Å²) < 4.78 is 36.8. The molecular weight excluding hydrogens is 270 g/mol. The molecule has 0 saturated carbocycles. The highest BCUT2D eigenvalue weighted by molar-refractivity contribution is 6.33. The molecular formula is C8H6Cl2F3NO2. The van der Waals surface area contributed by atoms with Crippen molar-refractivity contribution in [2.75, 3.05) is 5.73 Å². The summed E-state index contributed by atoms with van der Waals surface area (Å²) in [5, 5.41) is 8.15. The van der Waals surface area contributed by atoms with Crippen LogP contribution in [0, 0.1) is 0 Å². The minimum atomic E-state index is -4.65. The van der Waals surface area contributed by atoms with E-state index in [1.165, 1.54) is 0 Å². The van der Waals surface area contributed by atoms with E-state index in [1.807, 2.05) is 0 Å². The molecule has 0 atom stereocenters. The van der Waals surface area contributed by atoms with Crippen molar-refractivity contribution in [3.05, 3.63) is 28.3 Å². The number of halogens is 5. The van der Waals surface area contributed by atoms with E-state index in [1.54, 1.807) is 0 Å². The molecule has 1 aromatic rings. The number of anilines is 1. The molecule has 0 amide bonds. The second-order valence-corrected chi connectivity index (χ2v) is 3.13. The number of alkyl halides is 3. The van der Waals surface area contributed by atoms with Gasteiger partial charge in [0.2, 0.25) is 0 Å². The van der Waals surface area contributed by atoms with Gasteiger partial charge in [0, 0.05) is 0 Å². The predicted molar refractivity (Wildman–Crippen MR) is 55.1 cm³/mol. The van der Waals surface area contributed by atoms with Crippen LogP contribution in [0.1, 0.15) is 15.9 Å². The SMILES string of the molecule is Cl.Nc1c(Cl)cc(C(F)(F)F)cc1C(=O)O. The maximum atomic E-state index is 12.3. The molecule has 0 saturated heterocycles. The summed E-state index contributed by atoms with van der Waals surface area (Å²) in [4.78, 5) is 10.5. The van der Waals surface area contributed by atoms with Crippen molar-refractivity contribution in [2.24, 2.45) is 0 Å². The maximum absolute atomic E-state index is 12.3. The van der Waals surface area contributed by atoms with Gasteiger partial charge in [-0.2, -0.15) is 13.2 Å². The summed E-state index contributed by atoms with van der Waals surface area (Å²) in [5.74, 6) is -1.56. The molecule has 0 aliphatic rings. The van der Waals surface area contributed by atoms with E-state index in [2.05, 4.69) is 0 Å². The van der Waals surface area contributed by atoms with E-state index in [4.69, 9.17) is 22.4 Å². The second-order valence-electron chi connectivity index (χ2n) is 2.72. The van der Waals surface area contributed by atoms with Crippen LogP contribution in [0.4, 0.5) is 18.9 Å². The predicted octanol–water partition coefficient (Wildman–Crippen LogP) is 3.06. The topological polar surface area (TPSA) is 63.3 Å². The number of nitrogen functional groups attached to an aromatic ring is 1. The lowest BCUT2D eigenvalue weighted by atomic mass is 10.1. The summed E-state index contributed by atoms with van der Waals surface area (Å²) in [6.07, 6.45) is -4.65. The number of benzene rings is 1. The van der Waals surface area contributed by atoms with Crippen molar-refractivity contribution in [1.29, 1.82) is 0 Å². The van der Waals surface area contributed by atoms with Gasteiger partial charge in [-0.25, -0.2) is 4.79 Å². The largest absolute Gasteiger partial charge is 0.478 e. The van der Waals surface area contributed by atoms with Gasteiger partial charge in [0.25, 0.3) is 0 Å². The second kappa shape index (κ2) is 4.80. The van der Waals surface area contributed by atoms with Gasteiger partial charge in [0.05, 0.1) is 21.8 Å². The maximum Gasteiger partial charge on any atom is 0.416 e.